The third-order valence-electron chi connectivity index (χ3n) is 6.84. The number of anilines is 2. The summed E-state index contributed by atoms with van der Waals surface area (Å²) in [6, 6.07) is 14.6. The molecule has 2 aromatic carbocycles. The number of aromatic nitrogens is 1. The third-order valence-corrected chi connectivity index (χ3v) is 6.84. The molecule has 3 aromatic rings. The number of piperidine rings is 1. The number of benzene rings is 2. The van der Waals surface area contributed by atoms with E-state index in [1.165, 1.54) is 36.3 Å². The maximum Gasteiger partial charge on any atom is 0.333 e. The second kappa shape index (κ2) is 11.3. The Hall–Kier alpha value is -3.12. The molecule has 2 N–H and O–H groups in total. The number of carbonyl (C=O) groups excluding carboxylic acids is 2. The smallest absolute Gasteiger partial charge is 0.333 e. The van der Waals surface area contributed by atoms with E-state index in [1.54, 1.807) is 19.1 Å². The molecule has 4 rings (SSSR count). The highest BCUT2D eigenvalue weighted by Gasteiger charge is 2.24. The fourth-order valence-corrected chi connectivity index (χ4v) is 4.90. The number of aromatic amines is 1. The monoisotopic (exact) mass is 460 g/mol. The van der Waals surface area contributed by atoms with E-state index in [9.17, 15) is 9.59 Å². The zero-order chi connectivity index (χ0) is 23.9. The third kappa shape index (κ3) is 5.50. The number of fused-ring (bicyclic) bond motifs is 1. The topological polar surface area (TPSA) is 68.4 Å². The molecule has 6 heteroatoms. The van der Waals surface area contributed by atoms with Crippen molar-refractivity contribution in [2.45, 2.75) is 58.3 Å². The molecular formula is C28H36N4O2. The van der Waals surface area contributed by atoms with Crippen LogP contribution in [0.1, 0.15) is 63.9 Å². The van der Waals surface area contributed by atoms with Crippen molar-refractivity contribution in [2.24, 2.45) is 0 Å². The highest BCUT2D eigenvalue weighted by molar-refractivity contribution is 6.18. The summed E-state index contributed by atoms with van der Waals surface area (Å²) in [5, 5.41) is 4.10. The Morgan fingerprint density at radius 1 is 1.06 bits per heavy atom. The quantitative estimate of drug-likeness (QED) is 0.376. The summed E-state index contributed by atoms with van der Waals surface area (Å²) in [4.78, 5) is 32.9. The van der Waals surface area contributed by atoms with Gasteiger partial charge < -0.3 is 15.2 Å². The normalized spacial score (nSPS) is 14.9. The molecule has 1 saturated heterocycles. The van der Waals surface area contributed by atoms with Crippen molar-refractivity contribution in [3.63, 3.8) is 0 Å². The van der Waals surface area contributed by atoms with E-state index in [2.05, 4.69) is 28.3 Å². The maximum atomic E-state index is 13.1. The molecule has 6 nitrogen and oxygen atoms in total. The lowest BCUT2D eigenvalue weighted by molar-refractivity contribution is -0.117. The Labute approximate surface area is 202 Å². The first kappa shape index (κ1) is 24.0. The molecule has 34 heavy (non-hydrogen) atoms. The van der Waals surface area contributed by atoms with Gasteiger partial charge in [-0.2, -0.15) is 0 Å². The van der Waals surface area contributed by atoms with Gasteiger partial charge >= 0.3 is 6.03 Å². The number of amides is 3. The molecule has 1 aromatic heterocycles. The van der Waals surface area contributed by atoms with Crippen molar-refractivity contribution in [1.29, 1.82) is 0 Å². The van der Waals surface area contributed by atoms with Crippen LogP contribution in [-0.2, 0) is 4.79 Å². The second-order valence-corrected chi connectivity index (χ2v) is 9.18. The zero-order valence-electron chi connectivity index (χ0n) is 20.3. The number of carbonyl (C=O) groups is 2. The fourth-order valence-electron chi connectivity index (χ4n) is 4.90. The summed E-state index contributed by atoms with van der Waals surface area (Å²) in [6.07, 6.45) is 8.55. The maximum absolute atomic E-state index is 13.1. The summed E-state index contributed by atoms with van der Waals surface area (Å²) in [6.45, 7) is 7.50. The molecule has 3 amide bonds. The van der Waals surface area contributed by atoms with Crippen LogP contribution in [0.2, 0.25) is 0 Å². The predicted octanol–water partition coefficient (Wildman–Crippen LogP) is 6.51. The van der Waals surface area contributed by atoms with Crippen molar-refractivity contribution in [1.82, 2.24) is 9.88 Å². The van der Waals surface area contributed by atoms with Crippen molar-refractivity contribution >= 4 is 34.2 Å². The highest BCUT2D eigenvalue weighted by Crippen LogP contribution is 2.34. The number of urea groups is 1. The minimum atomic E-state index is -0.435. The van der Waals surface area contributed by atoms with E-state index in [-0.39, 0.29) is 12.3 Å². The molecule has 1 fully saturated rings. The molecular weight excluding hydrogens is 424 g/mol. The minimum absolute atomic E-state index is 0.238. The number of nitrogens with zero attached hydrogens (tertiary/aromatic N) is 2. The molecule has 0 saturated carbocycles. The van der Waals surface area contributed by atoms with Gasteiger partial charge in [-0.3, -0.25) is 4.79 Å². The summed E-state index contributed by atoms with van der Waals surface area (Å²) in [5.74, 6) is 0.280. The van der Waals surface area contributed by atoms with E-state index in [4.69, 9.17) is 0 Å². The highest BCUT2D eigenvalue weighted by atomic mass is 16.2. The van der Waals surface area contributed by atoms with E-state index in [0.29, 0.717) is 17.3 Å². The average Bonchev–Trinajstić information content (AvgIpc) is 3.28. The van der Waals surface area contributed by atoms with Gasteiger partial charge in [-0.25, -0.2) is 9.69 Å². The number of unbranched alkanes of at least 4 members (excludes halogenated alkanes) is 2. The predicted molar refractivity (Wildman–Crippen MR) is 139 cm³/mol. The van der Waals surface area contributed by atoms with Gasteiger partial charge in [0.15, 0.2) is 0 Å². The Morgan fingerprint density at radius 2 is 1.82 bits per heavy atom. The van der Waals surface area contributed by atoms with Gasteiger partial charge in [-0.15, -0.1) is 0 Å². The molecule has 0 aliphatic carbocycles. The molecule has 180 valence electrons. The van der Waals surface area contributed by atoms with Gasteiger partial charge in [0.1, 0.15) is 0 Å². The molecule has 1 aliphatic rings. The standard InChI is InChI=1S/C28H36N4O2/c1-3-5-9-16-31-17-14-21(15-18-31)25-20-29-26-13-12-22(19-24(25)26)30-28(34)32(27(33)4-2)23-10-7-6-8-11-23/h6-8,10-13,19-21,29H,3-5,9,14-18H2,1-2H3,(H,30,34). The summed E-state index contributed by atoms with van der Waals surface area (Å²) in [5.41, 5.74) is 3.66. The van der Waals surface area contributed by atoms with Gasteiger partial charge in [0, 0.05) is 29.2 Å². The van der Waals surface area contributed by atoms with Crippen molar-refractivity contribution < 1.29 is 9.59 Å². The lowest BCUT2D eigenvalue weighted by atomic mass is 9.89. The van der Waals surface area contributed by atoms with E-state index >= 15 is 0 Å². The van der Waals surface area contributed by atoms with Crippen LogP contribution in [0.3, 0.4) is 0 Å². The fraction of sp³-hybridized carbons (Fsp3) is 0.429. The molecule has 0 unspecified atom stereocenters. The number of likely N-dealkylation sites (tertiary alicyclic amines) is 1. The van der Waals surface area contributed by atoms with Crippen LogP contribution >= 0.6 is 0 Å². The lowest BCUT2D eigenvalue weighted by Gasteiger charge is -2.32. The Morgan fingerprint density at radius 3 is 2.53 bits per heavy atom. The Balaban J connectivity index is 1.48. The van der Waals surface area contributed by atoms with E-state index in [0.717, 1.165) is 36.8 Å². The van der Waals surface area contributed by atoms with Gasteiger partial charge in [0.2, 0.25) is 5.91 Å². The van der Waals surface area contributed by atoms with Crippen LogP contribution in [0.15, 0.2) is 54.7 Å². The first-order chi connectivity index (χ1) is 16.6. The second-order valence-electron chi connectivity index (χ2n) is 9.18. The Bertz CT molecular complexity index is 1100. The van der Waals surface area contributed by atoms with Gasteiger partial charge in [-0.05, 0) is 80.7 Å². The number of nitrogens with one attached hydrogen (secondary N) is 2. The molecule has 1 aliphatic heterocycles. The number of hydrogen-bond donors (Lipinski definition) is 2. The van der Waals surface area contributed by atoms with E-state index < -0.39 is 6.03 Å². The Kier molecular flexibility index (Phi) is 8.01. The molecule has 0 bridgehead atoms. The summed E-state index contributed by atoms with van der Waals surface area (Å²) >= 11 is 0. The molecule has 0 radical (unpaired) electrons. The number of hydrogen-bond acceptors (Lipinski definition) is 3. The molecule has 2 heterocycles. The van der Waals surface area contributed by atoms with Crippen molar-refractivity contribution in [3.05, 3.63) is 60.3 Å². The SMILES string of the molecule is CCCCCN1CCC(c2c[nH]c3ccc(NC(=O)N(C(=O)CC)c4ccccc4)cc23)CC1. The lowest BCUT2D eigenvalue weighted by Crippen LogP contribution is -2.39. The van der Waals surface area contributed by atoms with Crippen molar-refractivity contribution in [2.75, 3.05) is 29.9 Å². The van der Waals surface area contributed by atoms with Crippen LogP contribution in [-0.4, -0.2) is 41.5 Å². The largest absolute Gasteiger partial charge is 0.361 e. The van der Waals surface area contributed by atoms with Crippen LogP contribution < -0.4 is 10.2 Å². The van der Waals surface area contributed by atoms with Crippen LogP contribution in [0, 0.1) is 0 Å². The molecule has 0 spiro atoms. The zero-order valence-corrected chi connectivity index (χ0v) is 20.3. The number of imide groups is 1. The minimum Gasteiger partial charge on any atom is -0.361 e. The van der Waals surface area contributed by atoms with Crippen LogP contribution in [0.5, 0.6) is 0 Å². The average molecular weight is 461 g/mol. The first-order valence-corrected chi connectivity index (χ1v) is 12.6. The number of H-pyrrole nitrogens is 1. The van der Waals surface area contributed by atoms with E-state index in [1.807, 2.05) is 36.4 Å². The number of rotatable bonds is 8. The molecule has 0 atom stereocenters. The first-order valence-electron chi connectivity index (χ1n) is 12.6. The summed E-state index contributed by atoms with van der Waals surface area (Å²) in [7, 11) is 0. The summed E-state index contributed by atoms with van der Waals surface area (Å²) < 4.78 is 0. The number of para-hydroxylation sites is 1. The van der Waals surface area contributed by atoms with Gasteiger partial charge in [-0.1, -0.05) is 44.9 Å². The van der Waals surface area contributed by atoms with Gasteiger partial charge in [0.05, 0.1) is 5.69 Å². The van der Waals surface area contributed by atoms with Crippen LogP contribution in [0.4, 0.5) is 16.2 Å². The van der Waals surface area contributed by atoms with Gasteiger partial charge in [0.25, 0.3) is 0 Å². The van der Waals surface area contributed by atoms with Crippen LogP contribution in [0.25, 0.3) is 10.9 Å². The van der Waals surface area contributed by atoms with Crippen molar-refractivity contribution in [3.8, 4) is 0 Å².